The molecule has 0 aliphatic carbocycles. The van der Waals surface area contributed by atoms with Crippen LogP contribution in [0, 0.1) is 0 Å². The first-order valence-electron chi connectivity index (χ1n) is 5.71. The number of hydrogen-bond acceptors (Lipinski definition) is 5. The summed E-state index contributed by atoms with van der Waals surface area (Å²) in [6.45, 7) is 1.74. The number of carbonyl (C=O) groups is 2. The lowest BCUT2D eigenvalue weighted by Gasteiger charge is -2.07. The van der Waals surface area contributed by atoms with Gasteiger partial charge < -0.3 is 15.2 Å². The minimum absolute atomic E-state index is 0.00596. The molecule has 0 aliphatic rings. The van der Waals surface area contributed by atoms with Crippen molar-refractivity contribution >= 4 is 11.9 Å². The first-order valence-corrected chi connectivity index (χ1v) is 5.71. The lowest BCUT2D eigenvalue weighted by atomic mass is 10.2. The van der Waals surface area contributed by atoms with Crippen molar-refractivity contribution in [2.75, 3.05) is 6.61 Å². The van der Waals surface area contributed by atoms with E-state index < -0.39 is 18.0 Å². The van der Waals surface area contributed by atoms with Gasteiger partial charge in [0.15, 0.2) is 0 Å². The Morgan fingerprint density at radius 3 is 2.50 bits per heavy atom. The Morgan fingerprint density at radius 1 is 1.22 bits per heavy atom. The van der Waals surface area contributed by atoms with E-state index >= 15 is 0 Å². The van der Waals surface area contributed by atoms with Crippen LogP contribution < -0.4 is 5.73 Å². The summed E-state index contributed by atoms with van der Waals surface area (Å²) in [6, 6.07) is 8.68. The van der Waals surface area contributed by atoms with Crippen LogP contribution in [-0.4, -0.2) is 24.6 Å². The molecule has 1 rings (SSSR count). The molecule has 1 aromatic carbocycles. The van der Waals surface area contributed by atoms with Crippen LogP contribution in [0.4, 0.5) is 0 Å². The summed E-state index contributed by atoms with van der Waals surface area (Å²) in [5, 5.41) is 0. The highest BCUT2D eigenvalue weighted by Crippen LogP contribution is 2.01. The van der Waals surface area contributed by atoms with E-state index in [1.54, 1.807) is 0 Å². The SMILES string of the molecule is C[C@H](N)C(=O)OCCC(=O)OCc1ccccc1. The summed E-state index contributed by atoms with van der Waals surface area (Å²) in [6.07, 6.45) is 0.0330. The highest BCUT2D eigenvalue weighted by molar-refractivity contribution is 5.75. The van der Waals surface area contributed by atoms with Gasteiger partial charge in [-0.05, 0) is 12.5 Å². The number of hydrogen-bond donors (Lipinski definition) is 1. The summed E-state index contributed by atoms with van der Waals surface area (Å²) in [5.41, 5.74) is 6.21. The summed E-state index contributed by atoms with van der Waals surface area (Å²) >= 11 is 0. The molecule has 0 aliphatic heterocycles. The Labute approximate surface area is 106 Å². The number of benzene rings is 1. The molecule has 0 aromatic heterocycles. The van der Waals surface area contributed by atoms with Gasteiger partial charge in [-0.1, -0.05) is 30.3 Å². The van der Waals surface area contributed by atoms with Crippen LogP contribution in [0.3, 0.4) is 0 Å². The monoisotopic (exact) mass is 251 g/mol. The maximum absolute atomic E-state index is 11.3. The summed E-state index contributed by atoms with van der Waals surface area (Å²) < 4.78 is 9.77. The van der Waals surface area contributed by atoms with E-state index in [-0.39, 0.29) is 19.6 Å². The third-order valence-corrected chi connectivity index (χ3v) is 2.16. The molecular weight excluding hydrogens is 234 g/mol. The topological polar surface area (TPSA) is 78.6 Å². The van der Waals surface area contributed by atoms with Crippen molar-refractivity contribution in [3.63, 3.8) is 0 Å². The van der Waals surface area contributed by atoms with E-state index in [2.05, 4.69) is 0 Å². The van der Waals surface area contributed by atoms with Crippen molar-refractivity contribution in [3.05, 3.63) is 35.9 Å². The molecule has 2 N–H and O–H groups in total. The van der Waals surface area contributed by atoms with Gasteiger partial charge in [-0.2, -0.15) is 0 Å². The Bertz CT molecular complexity index is 389. The number of carbonyl (C=O) groups excluding carboxylic acids is 2. The Hall–Kier alpha value is -1.88. The van der Waals surface area contributed by atoms with Gasteiger partial charge >= 0.3 is 11.9 Å². The number of ether oxygens (including phenoxy) is 2. The van der Waals surface area contributed by atoms with Gasteiger partial charge in [0, 0.05) is 0 Å². The fraction of sp³-hybridized carbons (Fsp3) is 0.385. The zero-order valence-electron chi connectivity index (χ0n) is 10.3. The second-order valence-electron chi connectivity index (χ2n) is 3.85. The summed E-state index contributed by atoms with van der Waals surface area (Å²) in [5.74, 6) is -0.929. The lowest BCUT2D eigenvalue weighted by molar-refractivity contribution is -0.150. The van der Waals surface area contributed by atoms with Crippen LogP contribution >= 0.6 is 0 Å². The normalized spacial score (nSPS) is 11.7. The molecule has 18 heavy (non-hydrogen) atoms. The average Bonchev–Trinajstić information content (AvgIpc) is 2.37. The van der Waals surface area contributed by atoms with Crippen molar-refractivity contribution in [2.45, 2.75) is 26.0 Å². The van der Waals surface area contributed by atoms with E-state index in [9.17, 15) is 9.59 Å². The maximum atomic E-state index is 11.3. The largest absolute Gasteiger partial charge is 0.464 e. The minimum Gasteiger partial charge on any atom is -0.464 e. The zero-order valence-corrected chi connectivity index (χ0v) is 10.3. The molecule has 5 nitrogen and oxygen atoms in total. The van der Waals surface area contributed by atoms with Gasteiger partial charge in [-0.15, -0.1) is 0 Å². The number of nitrogens with two attached hydrogens (primary N) is 1. The van der Waals surface area contributed by atoms with Crippen LogP contribution in [0.2, 0.25) is 0 Å². The molecule has 0 fully saturated rings. The highest BCUT2D eigenvalue weighted by atomic mass is 16.5. The van der Waals surface area contributed by atoms with Gasteiger partial charge in [-0.3, -0.25) is 9.59 Å². The van der Waals surface area contributed by atoms with E-state index in [4.69, 9.17) is 15.2 Å². The Kier molecular flexibility index (Phi) is 5.87. The quantitative estimate of drug-likeness (QED) is 0.763. The minimum atomic E-state index is -0.676. The fourth-order valence-corrected chi connectivity index (χ4v) is 1.18. The first kappa shape index (κ1) is 14.2. The van der Waals surface area contributed by atoms with E-state index in [1.807, 2.05) is 30.3 Å². The van der Waals surface area contributed by atoms with E-state index in [0.717, 1.165) is 5.56 Å². The van der Waals surface area contributed by atoms with Crippen LogP contribution in [-0.2, 0) is 25.7 Å². The third-order valence-electron chi connectivity index (χ3n) is 2.16. The molecule has 1 aromatic rings. The van der Waals surface area contributed by atoms with Crippen LogP contribution in [0.15, 0.2) is 30.3 Å². The molecule has 0 unspecified atom stereocenters. The van der Waals surface area contributed by atoms with Gasteiger partial charge in [0.05, 0.1) is 6.42 Å². The molecule has 0 saturated heterocycles. The van der Waals surface area contributed by atoms with Crippen LogP contribution in [0.5, 0.6) is 0 Å². The molecule has 98 valence electrons. The summed E-state index contributed by atoms with van der Waals surface area (Å²) in [4.78, 5) is 22.3. The van der Waals surface area contributed by atoms with Gasteiger partial charge in [-0.25, -0.2) is 0 Å². The van der Waals surface area contributed by atoms with E-state index in [0.29, 0.717) is 0 Å². The average molecular weight is 251 g/mol. The van der Waals surface area contributed by atoms with Gasteiger partial charge in [0.1, 0.15) is 19.3 Å². The van der Waals surface area contributed by atoms with Crippen molar-refractivity contribution in [1.29, 1.82) is 0 Å². The fourth-order valence-electron chi connectivity index (χ4n) is 1.18. The maximum Gasteiger partial charge on any atom is 0.322 e. The second-order valence-corrected chi connectivity index (χ2v) is 3.85. The van der Waals surface area contributed by atoms with Crippen molar-refractivity contribution in [3.8, 4) is 0 Å². The Morgan fingerprint density at radius 2 is 1.89 bits per heavy atom. The Balaban J connectivity index is 2.17. The van der Waals surface area contributed by atoms with Crippen LogP contribution in [0.25, 0.3) is 0 Å². The number of rotatable bonds is 6. The number of esters is 2. The standard InChI is InChI=1S/C13H17NO4/c1-10(14)13(16)17-8-7-12(15)18-9-11-5-3-2-4-6-11/h2-6,10H,7-9,14H2,1H3/t10-/m0/s1. The zero-order chi connectivity index (χ0) is 13.4. The molecule has 1 atom stereocenters. The first-order chi connectivity index (χ1) is 8.59. The summed E-state index contributed by atoms with van der Waals surface area (Å²) in [7, 11) is 0. The van der Waals surface area contributed by atoms with E-state index in [1.165, 1.54) is 6.92 Å². The van der Waals surface area contributed by atoms with Crippen LogP contribution in [0.1, 0.15) is 18.9 Å². The van der Waals surface area contributed by atoms with Crippen molar-refractivity contribution in [2.24, 2.45) is 5.73 Å². The molecule has 0 bridgehead atoms. The van der Waals surface area contributed by atoms with Gasteiger partial charge in [0.25, 0.3) is 0 Å². The molecular formula is C13H17NO4. The van der Waals surface area contributed by atoms with Crippen molar-refractivity contribution < 1.29 is 19.1 Å². The van der Waals surface area contributed by atoms with Crippen molar-refractivity contribution in [1.82, 2.24) is 0 Å². The highest BCUT2D eigenvalue weighted by Gasteiger charge is 2.10. The molecule has 0 heterocycles. The lowest BCUT2D eigenvalue weighted by Crippen LogP contribution is -2.29. The second kappa shape index (κ2) is 7.45. The molecule has 0 amide bonds. The predicted octanol–water partition coefficient (Wildman–Crippen LogP) is 1.01. The predicted molar refractivity (Wildman–Crippen MR) is 65.5 cm³/mol. The molecule has 5 heteroatoms. The smallest absolute Gasteiger partial charge is 0.322 e. The third kappa shape index (κ3) is 5.45. The molecule has 0 radical (unpaired) electrons. The molecule has 0 saturated carbocycles. The molecule has 0 spiro atoms. The van der Waals surface area contributed by atoms with Gasteiger partial charge in [0.2, 0.25) is 0 Å².